The van der Waals surface area contributed by atoms with Crippen LogP contribution in [-0.4, -0.2) is 35.5 Å². The molecule has 1 aromatic heterocycles. The van der Waals surface area contributed by atoms with Gasteiger partial charge in [-0.1, -0.05) is 18.0 Å². The van der Waals surface area contributed by atoms with Crippen molar-refractivity contribution in [1.29, 1.82) is 0 Å². The van der Waals surface area contributed by atoms with Gasteiger partial charge in [0.15, 0.2) is 0 Å². The largest absolute Gasteiger partial charge is 0.260 e. The molecule has 1 saturated heterocycles. The van der Waals surface area contributed by atoms with Gasteiger partial charge in [0, 0.05) is 6.54 Å². The lowest BCUT2D eigenvalue weighted by Crippen LogP contribution is -2.38. The molecule has 0 unspecified atom stereocenters. The fourth-order valence-corrected chi connectivity index (χ4v) is 3.40. The molecule has 0 N–H and O–H groups in total. The Morgan fingerprint density at radius 2 is 2.18 bits per heavy atom. The predicted molar refractivity (Wildman–Crippen MR) is 65.2 cm³/mol. The summed E-state index contributed by atoms with van der Waals surface area (Å²) in [6.45, 7) is 0.539. The maximum absolute atomic E-state index is 11.7. The van der Waals surface area contributed by atoms with Gasteiger partial charge in [0.25, 0.3) is 0 Å². The summed E-state index contributed by atoms with van der Waals surface area (Å²) in [6.07, 6.45) is 6.90. The van der Waals surface area contributed by atoms with Crippen LogP contribution < -0.4 is 0 Å². The van der Waals surface area contributed by atoms with Gasteiger partial charge in [-0.15, -0.1) is 0 Å². The van der Waals surface area contributed by atoms with E-state index in [1.807, 2.05) is 0 Å². The Morgan fingerprint density at radius 3 is 2.82 bits per heavy atom. The number of sulfonamides is 1. The summed E-state index contributed by atoms with van der Waals surface area (Å²) in [5.74, 6) is 0. The fourth-order valence-electron chi connectivity index (χ4n) is 2.11. The number of rotatable bonds is 2. The van der Waals surface area contributed by atoms with Crippen molar-refractivity contribution in [3.05, 3.63) is 23.2 Å². The highest BCUT2D eigenvalue weighted by molar-refractivity contribution is 7.88. The summed E-state index contributed by atoms with van der Waals surface area (Å²) in [5, 5.41) is 0.293. The van der Waals surface area contributed by atoms with E-state index >= 15 is 0 Å². The molecule has 0 radical (unpaired) electrons. The number of aromatic nitrogens is 2. The Hall–Kier alpha value is -0.720. The molecular formula is C10H14ClN3O2S. The van der Waals surface area contributed by atoms with Crippen LogP contribution >= 0.6 is 11.6 Å². The lowest BCUT2D eigenvalue weighted by atomic mass is 10.0. The standard InChI is InChI=1S/C10H14ClN3O2S/c1-17(15,16)14-5-3-2-4-9(14)8-6-12-7-10(11)13-8/h6-7,9H,2-5H2,1H3/t9-/m0/s1. The molecule has 0 saturated carbocycles. The van der Waals surface area contributed by atoms with Crippen molar-refractivity contribution >= 4 is 21.6 Å². The van der Waals surface area contributed by atoms with Gasteiger partial charge >= 0.3 is 0 Å². The van der Waals surface area contributed by atoms with Gasteiger partial charge in [-0.25, -0.2) is 13.4 Å². The molecule has 2 heterocycles. The van der Waals surface area contributed by atoms with Crippen molar-refractivity contribution in [2.24, 2.45) is 0 Å². The summed E-state index contributed by atoms with van der Waals surface area (Å²) >= 11 is 5.78. The highest BCUT2D eigenvalue weighted by Crippen LogP contribution is 2.31. The van der Waals surface area contributed by atoms with Crippen LogP contribution in [0.2, 0.25) is 5.15 Å². The Balaban J connectivity index is 2.34. The molecule has 1 fully saturated rings. The normalized spacial score (nSPS) is 22.6. The molecule has 0 aliphatic carbocycles. The molecule has 1 atom stereocenters. The molecule has 1 aliphatic heterocycles. The first-order chi connectivity index (χ1) is 7.98. The molecule has 2 rings (SSSR count). The third-order valence-corrected chi connectivity index (χ3v) is 4.32. The molecule has 0 bridgehead atoms. The number of piperidine rings is 1. The van der Waals surface area contributed by atoms with E-state index in [-0.39, 0.29) is 6.04 Å². The minimum Gasteiger partial charge on any atom is -0.260 e. The van der Waals surface area contributed by atoms with Gasteiger partial charge in [-0.3, -0.25) is 4.98 Å². The first-order valence-electron chi connectivity index (χ1n) is 5.43. The lowest BCUT2D eigenvalue weighted by molar-refractivity contribution is 0.252. The molecule has 1 aliphatic rings. The topological polar surface area (TPSA) is 63.2 Å². The van der Waals surface area contributed by atoms with Gasteiger partial charge in [-0.2, -0.15) is 4.31 Å². The van der Waals surface area contributed by atoms with Crippen molar-refractivity contribution in [1.82, 2.24) is 14.3 Å². The van der Waals surface area contributed by atoms with E-state index in [1.165, 1.54) is 16.8 Å². The molecule has 1 aromatic rings. The van der Waals surface area contributed by atoms with Crippen LogP contribution in [0.1, 0.15) is 31.0 Å². The second-order valence-electron chi connectivity index (χ2n) is 4.15. The minimum atomic E-state index is -3.21. The third-order valence-electron chi connectivity index (χ3n) is 2.84. The van der Waals surface area contributed by atoms with Crippen LogP contribution in [0.3, 0.4) is 0 Å². The fraction of sp³-hybridized carbons (Fsp3) is 0.600. The Labute approximate surface area is 106 Å². The molecule has 0 aromatic carbocycles. The summed E-state index contributed by atoms with van der Waals surface area (Å²) < 4.78 is 24.9. The first kappa shape index (κ1) is 12.7. The van der Waals surface area contributed by atoms with Gasteiger partial charge in [-0.05, 0) is 12.8 Å². The van der Waals surface area contributed by atoms with E-state index in [1.54, 1.807) is 6.20 Å². The lowest BCUT2D eigenvalue weighted by Gasteiger charge is -2.32. The van der Waals surface area contributed by atoms with E-state index in [2.05, 4.69) is 9.97 Å². The van der Waals surface area contributed by atoms with E-state index < -0.39 is 10.0 Å². The van der Waals surface area contributed by atoms with Crippen LogP contribution in [0.25, 0.3) is 0 Å². The zero-order valence-corrected chi connectivity index (χ0v) is 11.1. The van der Waals surface area contributed by atoms with Gasteiger partial charge < -0.3 is 0 Å². The van der Waals surface area contributed by atoms with Crippen LogP contribution in [0.15, 0.2) is 12.4 Å². The molecular weight excluding hydrogens is 262 g/mol. The summed E-state index contributed by atoms with van der Waals surface area (Å²) in [6, 6.07) is -0.232. The van der Waals surface area contributed by atoms with Crippen molar-refractivity contribution in [2.75, 3.05) is 12.8 Å². The summed E-state index contributed by atoms with van der Waals surface area (Å²) in [4.78, 5) is 8.12. The molecule has 0 amide bonds. The van der Waals surface area contributed by atoms with Crippen LogP contribution in [0, 0.1) is 0 Å². The Kier molecular flexibility index (Phi) is 3.65. The SMILES string of the molecule is CS(=O)(=O)N1CCCC[C@H]1c1cncc(Cl)n1. The monoisotopic (exact) mass is 275 g/mol. The first-order valence-corrected chi connectivity index (χ1v) is 7.65. The van der Waals surface area contributed by atoms with E-state index in [4.69, 9.17) is 11.6 Å². The van der Waals surface area contributed by atoms with Crippen LogP contribution in [-0.2, 0) is 10.0 Å². The van der Waals surface area contributed by atoms with Crippen molar-refractivity contribution in [3.8, 4) is 0 Å². The number of halogens is 1. The van der Waals surface area contributed by atoms with E-state index in [0.29, 0.717) is 17.4 Å². The maximum atomic E-state index is 11.7. The minimum absolute atomic E-state index is 0.232. The van der Waals surface area contributed by atoms with E-state index in [0.717, 1.165) is 19.3 Å². The zero-order chi connectivity index (χ0) is 12.5. The highest BCUT2D eigenvalue weighted by Gasteiger charge is 2.31. The average molecular weight is 276 g/mol. The third kappa shape index (κ3) is 2.94. The molecule has 7 heteroatoms. The average Bonchev–Trinajstić information content (AvgIpc) is 2.28. The number of hydrogen-bond donors (Lipinski definition) is 0. The molecule has 17 heavy (non-hydrogen) atoms. The smallest absolute Gasteiger partial charge is 0.211 e. The van der Waals surface area contributed by atoms with Crippen molar-refractivity contribution < 1.29 is 8.42 Å². The van der Waals surface area contributed by atoms with E-state index in [9.17, 15) is 8.42 Å². The number of nitrogens with zero attached hydrogens (tertiary/aromatic N) is 3. The quantitative estimate of drug-likeness (QED) is 0.823. The van der Waals surface area contributed by atoms with Crippen molar-refractivity contribution in [2.45, 2.75) is 25.3 Å². The van der Waals surface area contributed by atoms with Crippen LogP contribution in [0.5, 0.6) is 0 Å². The van der Waals surface area contributed by atoms with Crippen molar-refractivity contribution in [3.63, 3.8) is 0 Å². The molecule has 94 valence electrons. The maximum Gasteiger partial charge on any atom is 0.211 e. The molecule has 5 nitrogen and oxygen atoms in total. The van der Waals surface area contributed by atoms with Crippen LogP contribution in [0.4, 0.5) is 0 Å². The second-order valence-corrected chi connectivity index (χ2v) is 6.47. The second kappa shape index (κ2) is 4.88. The van der Waals surface area contributed by atoms with Gasteiger partial charge in [0.2, 0.25) is 10.0 Å². The zero-order valence-electron chi connectivity index (χ0n) is 9.50. The summed E-state index contributed by atoms with van der Waals surface area (Å²) in [5.41, 5.74) is 0.627. The van der Waals surface area contributed by atoms with Gasteiger partial charge in [0.1, 0.15) is 5.15 Å². The van der Waals surface area contributed by atoms with Gasteiger partial charge in [0.05, 0.1) is 30.4 Å². The summed E-state index contributed by atoms with van der Waals surface area (Å²) in [7, 11) is -3.21. The Bertz CT molecular complexity index is 506. The highest BCUT2D eigenvalue weighted by atomic mass is 35.5. The number of hydrogen-bond acceptors (Lipinski definition) is 4. The molecule has 0 spiro atoms. The Morgan fingerprint density at radius 1 is 1.41 bits per heavy atom. The predicted octanol–water partition coefficient (Wildman–Crippen LogP) is 1.62.